The lowest BCUT2D eigenvalue weighted by molar-refractivity contribution is -0.127. The van der Waals surface area contributed by atoms with Gasteiger partial charge in [-0.05, 0) is 60.5 Å². The van der Waals surface area contributed by atoms with Gasteiger partial charge in [-0.25, -0.2) is 4.39 Å². The average Bonchev–Trinajstić information content (AvgIpc) is 2.87. The molecule has 0 saturated carbocycles. The van der Waals surface area contributed by atoms with Gasteiger partial charge in [-0.3, -0.25) is 9.59 Å². The van der Waals surface area contributed by atoms with Crippen molar-refractivity contribution in [3.05, 3.63) is 102 Å². The minimum Gasteiger partial charge on any atom is -0.457 e. The second-order valence-electron chi connectivity index (χ2n) is 7.77. The molecule has 2 N–H and O–H groups in total. The van der Waals surface area contributed by atoms with Gasteiger partial charge in [-0.15, -0.1) is 0 Å². The zero-order valence-corrected chi connectivity index (χ0v) is 19.6. The Morgan fingerprint density at radius 3 is 2.23 bits per heavy atom. The number of allylic oxidation sites excluding steroid dienone is 1. The van der Waals surface area contributed by atoms with Crippen molar-refractivity contribution in [3.8, 4) is 11.5 Å². The van der Waals surface area contributed by atoms with Gasteiger partial charge in [0, 0.05) is 12.1 Å². The van der Waals surface area contributed by atoms with Crippen molar-refractivity contribution in [2.45, 2.75) is 32.4 Å². The van der Waals surface area contributed by atoms with Crippen molar-refractivity contribution in [1.29, 1.82) is 0 Å². The molecule has 0 aromatic heterocycles. The van der Waals surface area contributed by atoms with Crippen LogP contribution in [0.1, 0.15) is 25.3 Å². The van der Waals surface area contributed by atoms with Crippen LogP contribution in [0.15, 0.2) is 91.0 Å². The molecule has 7 heteroatoms. The molecule has 2 amide bonds. The van der Waals surface area contributed by atoms with E-state index in [-0.39, 0.29) is 24.8 Å². The number of amides is 2. The molecule has 3 aromatic rings. The number of carbonyl (C=O) groups is 2. The Labute approximate surface area is 204 Å². The highest BCUT2D eigenvalue weighted by atomic mass is 19.1. The average molecular weight is 477 g/mol. The van der Waals surface area contributed by atoms with Crippen LogP contribution in [0.5, 0.6) is 11.5 Å². The van der Waals surface area contributed by atoms with Crippen LogP contribution in [-0.4, -0.2) is 24.5 Å². The maximum absolute atomic E-state index is 13.1. The van der Waals surface area contributed by atoms with Gasteiger partial charge in [0.2, 0.25) is 11.8 Å². The fraction of sp³-hybridized carbons (Fsp3) is 0.214. The third-order valence-corrected chi connectivity index (χ3v) is 4.92. The highest BCUT2D eigenvalue weighted by Crippen LogP contribution is 2.23. The molecule has 0 saturated heterocycles. The predicted molar refractivity (Wildman–Crippen MR) is 134 cm³/mol. The SMILES string of the molecule is CCC=CCC(=O)N[C@@H](COCc1ccccc1)C(=O)Nc1ccc(Oc2ccc(F)cc2)cc1. The molecule has 0 spiro atoms. The summed E-state index contributed by atoms with van der Waals surface area (Å²) in [6.07, 6.45) is 4.69. The Hall–Kier alpha value is -3.97. The number of hydrogen-bond acceptors (Lipinski definition) is 4. The molecule has 1 atom stereocenters. The van der Waals surface area contributed by atoms with Gasteiger partial charge in [-0.2, -0.15) is 0 Å². The molecule has 6 nitrogen and oxygen atoms in total. The first-order chi connectivity index (χ1) is 17.0. The Morgan fingerprint density at radius 2 is 1.57 bits per heavy atom. The molecule has 0 aliphatic carbocycles. The smallest absolute Gasteiger partial charge is 0.249 e. The molecule has 35 heavy (non-hydrogen) atoms. The fourth-order valence-corrected chi connectivity index (χ4v) is 3.14. The molecule has 182 valence electrons. The number of rotatable bonds is 12. The van der Waals surface area contributed by atoms with E-state index in [0.717, 1.165) is 12.0 Å². The zero-order chi connectivity index (χ0) is 24.9. The molecule has 0 aliphatic rings. The highest BCUT2D eigenvalue weighted by Gasteiger charge is 2.21. The van der Waals surface area contributed by atoms with E-state index in [2.05, 4.69) is 10.6 Å². The summed E-state index contributed by atoms with van der Waals surface area (Å²) in [6.45, 7) is 2.33. The summed E-state index contributed by atoms with van der Waals surface area (Å²) in [5, 5.41) is 5.55. The normalized spacial score (nSPS) is 11.7. The Bertz CT molecular complexity index is 1100. The molecule has 3 aromatic carbocycles. The van der Waals surface area contributed by atoms with Gasteiger partial charge in [0.15, 0.2) is 0 Å². The van der Waals surface area contributed by atoms with E-state index in [1.807, 2.05) is 43.3 Å². The summed E-state index contributed by atoms with van der Waals surface area (Å²) >= 11 is 0. The van der Waals surface area contributed by atoms with Crippen LogP contribution in [0.4, 0.5) is 10.1 Å². The predicted octanol–water partition coefficient (Wildman–Crippen LogP) is 5.61. The number of anilines is 1. The summed E-state index contributed by atoms with van der Waals surface area (Å²) in [7, 11) is 0. The maximum atomic E-state index is 13.1. The van der Waals surface area contributed by atoms with E-state index in [9.17, 15) is 14.0 Å². The van der Waals surface area contributed by atoms with Gasteiger partial charge in [0.05, 0.1) is 13.2 Å². The first-order valence-corrected chi connectivity index (χ1v) is 11.4. The van der Waals surface area contributed by atoms with E-state index >= 15 is 0 Å². The summed E-state index contributed by atoms with van der Waals surface area (Å²) < 4.78 is 24.4. The van der Waals surface area contributed by atoms with Crippen molar-refractivity contribution in [2.75, 3.05) is 11.9 Å². The van der Waals surface area contributed by atoms with Crippen molar-refractivity contribution in [3.63, 3.8) is 0 Å². The van der Waals surface area contributed by atoms with E-state index in [0.29, 0.717) is 23.8 Å². The second-order valence-corrected chi connectivity index (χ2v) is 7.77. The Balaban J connectivity index is 1.59. The summed E-state index contributed by atoms with van der Waals surface area (Å²) in [5.74, 6) is 0.0393. The van der Waals surface area contributed by atoms with E-state index in [1.54, 1.807) is 30.3 Å². The van der Waals surface area contributed by atoms with Crippen molar-refractivity contribution >= 4 is 17.5 Å². The lowest BCUT2D eigenvalue weighted by Crippen LogP contribution is -2.46. The monoisotopic (exact) mass is 476 g/mol. The molecule has 0 aliphatic heterocycles. The van der Waals surface area contributed by atoms with Gasteiger partial charge in [0.1, 0.15) is 23.4 Å². The minimum absolute atomic E-state index is 0.0235. The Morgan fingerprint density at radius 1 is 0.914 bits per heavy atom. The largest absolute Gasteiger partial charge is 0.457 e. The van der Waals surface area contributed by atoms with Crippen LogP contribution < -0.4 is 15.4 Å². The van der Waals surface area contributed by atoms with Gasteiger partial charge in [-0.1, -0.05) is 49.4 Å². The number of hydrogen-bond donors (Lipinski definition) is 2. The van der Waals surface area contributed by atoms with Crippen molar-refractivity contribution < 1.29 is 23.5 Å². The lowest BCUT2D eigenvalue weighted by atomic mass is 10.2. The third kappa shape index (κ3) is 9.06. The van der Waals surface area contributed by atoms with Crippen LogP contribution in [0, 0.1) is 5.82 Å². The number of benzene rings is 3. The quantitative estimate of drug-likeness (QED) is 0.333. The summed E-state index contributed by atoms with van der Waals surface area (Å²) in [5.41, 5.74) is 1.51. The standard InChI is InChI=1S/C28H29FN2O4/c1-2-3-5-10-27(32)31-26(20-34-19-21-8-6-4-7-9-21)28(33)30-23-13-17-25(18-14-23)35-24-15-11-22(29)12-16-24/h3-9,11-18,26H,2,10,19-20H2,1H3,(H,30,33)(H,31,32)/t26-/m0/s1. The molecule has 0 bridgehead atoms. The molecule has 3 rings (SSSR count). The number of nitrogens with one attached hydrogen (secondary N) is 2. The number of carbonyl (C=O) groups excluding carboxylic acids is 2. The van der Waals surface area contributed by atoms with E-state index < -0.39 is 11.9 Å². The van der Waals surface area contributed by atoms with Gasteiger partial charge >= 0.3 is 0 Å². The zero-order valence-electron chi connectivity index (χ0n) is 19.6. The van der Waals surface area contributed by atoms with Gasteiger partial charge in [0.25, 0.3) is 0 Å². The van der Waals surface area contributed by atoms with Crippen LogP contribution in [0.2, 0.25) is 0 Å². The first-order valence-electron chi connectivity index (χ1n) is 11.4. The van der Waals surface area contributed by atoms with Crippen molar-refractivity contribution in [2.24, 2.45) is 0 Å². The van der Waals surface area contributed by atoms with Gasteiger partial charge < -0.3 is 20.1 Å². The fourth-order valence-electron chi connectivity index (χ4n) is 3.14. The van der Waals surface area contributed by atoms with Crippen LogP contribution in [0.3, 0.4) is 0 Å². The van der Waals surface area contributed by atoms with Crippen LogP contribution >= 0.6 is 0 Å². The maximum Gasteiger partial charge on any atom is 0.249 e. The molecule has 0 heterocycles. The topological polar surface area (TPSA) is 76.7 Å². The molecular formula is C28H29FN2O4. The minimum atomic E-state index is -0.864. The number of ether oxygens (including phenoxy) is 2. The van der Waals surface area contributed by atoms with Crippen LogP contribution in [-0.2, 0) is 20.9 Å². The molecule has 0 unspecified atom stereocenters. The second kappa shape index (κ2) is 13.7. The van der Waals surface area contributed by atoms with E-state index in [1.165, 1.54) is 24.3 Å². The molecule has 0 fully saturated rings. The molecular weight excluding hydrogens is 447 g/mol. The van der Waals surface area contributed by atoms with Crippen LogP contribution in [0.25, 0.3) is 0 Å². The van der Waals surface area contributed by atoms with Crippen molar-refractivity contribution in [1.82, 2.24) is 5.32 Å². The first kappa shape index (κ1) is 25.6. The highest BCUT2D eigenvalue weighted by molar-refractivity contribution is 5.97. The summed E-state index contributed by atoms with van der Waals surface area (Å²) in [6, 6.07) is 21.2. The van der Waals surface area contributed by atoms with E-state index in [4.69, 9.17) is 9.47 Å². The number of halogens is 1. The Kier molecular flexibility index (Phi) is 10.0. The lowest BCUT2D eigenvalue weighted by Gasteiger charge is -2.19. The summed E-state index contributed by atoms with van der Waals surface area (Å²) in [4.78, 5) is 25.3. The molecule has 0 radical (unpaired) electrons. The third-order valence-electron chi connectivity index (χ3n) is 4.92.